The first kappa shape index (κ1) is 29.5. The molecule has 0 radical (unpaired) electrons. The molecule has 1 heteroatoms. The van der Waals surface area contributed by atoms with Crippen LogP contribution in [-0.2, 0) is 10.8 Å². The molecule has 55 heavy (non-hydrogen) atoms. The van der Waals surface area contributed by atoms with E-state index in [-0.39, 0.29) is 0 Å². The highest BCUT2D eigenvalue weighted by molar-refractivity contribution is 6.01. The summed E-state index contributed by atoms with van der Waals surface area (Å²) in [5, 5.41) is 2.55. The van der Waals surface area contributed by atoms with Crippen molar-refractivity contribution in [2.45, 2.75) is 10.8 Å². The molecule has 0 amide bonds. The van der Waals surface area contributed by atoms with E-state index in [0.717, 1.165) is 22.6 Å². The van der Waals surface area contributed by atoms with Crippen molar-refractivity contribution in [1.29, 1.82) is 0 Å². The third-order valence-corrected chi connectivity index (χ3v) is 13.1. The van der Waals surface area contributed by atoms with Gasteiger partial charge in [-0.15, -0.1) is 0 Å². The van der Waals surface area contributed by atoms with E-state index in [2.05, 4.69) is 194 Å². The summed E-state index contributed by atoms with van der Waals surface area (Å²) in [6, 6.07) is 72.3. The van der Waals surface area contributed by atoms with Gasteiger partial charge in [0, 0.05) is 16.7 Å². The first-order chi connectivity index (χ1) is 27.3. The number of hydrogen-bond donors (Lipinski definition) is 0. The number of fused-ring (bicyclic) bond motifs is 20. The predicted molar refractivity (Wildman–Crippen MR) is 223 cm³/mol. The van der Waals surface area contributed by atoms with Crippen molar-refractivity contribution in [2.75, 3.05) is 0 Å². The zero-order valence-corrected chi connectivity index (χ0v) is 29.9. The van der Waals surface area contributed by atoms with Gasteiger partial charge >= 0.3 is 0 Å². The number of para-hydroxylation sites is 2. The molecule has 3 aliphatic carbocycles. The Morgan fingerprint density at radius 2 is 0.709 bits per heavy atom. The summed E-state index contributed by atoms with van der Waals surface area (Å²) >= 11 is 0. The summed E-state index contributed by atoms with van der Waals surface area (Å²) in [4.78, 5) is 0. The molecular formula is C54H32O. The fourth-order valence-corrected chi connectivity index (χ4v) is 11.1. The zero-order valence-electron chi connectivity index (χ0n) is 29.9. The molecule has 1 nitrogen and oxygen atoms in total. The summed E-state index contributed by atoms with van der Waals surface area (Å²) in [5.74, 6) is 1.84. The third kappa shape index (κ3) is 3.46. The molecule has 1 heterocycles. The van der Waals surface area contributed by atoms with E-state index >= 15 is 0 Å². The van der Waals surface area contributed by atoms with Crippen LogP contribution in [0.2, 0.25) is 0 Å². The Balaban J connectivity index is 1.08. The Labute approximate surface area is 319 Å². The average molecular weight is 697 g/mol. The van der Waals surface area contributed by atoms with Gasteiger partial charge in [-0.2, -0.15) is 0 Å². The Kier molecular flexibility index (Phi) is 5.56. The molecule has 0 saturated carbocycles. The molecule has 0 fully saturated rings. The number of ether oxygens (including phenoxy) is 1. The lowest BCUT2D eigenvalue weighted by atomic mass is 9.65. The zero-order chi connectivity index (χ0) is 35.9. The fourth-order valence-electron chi connectivity index (χ4n) is 11.1. The van der Waals surface area contributed by atoms with Crippen LogP contribution in [0.1, 0.15) is 44.5 Å². The Morgan fingerprint density at radius 1 is 0.273 bits per heavy atom. The minimum absolute atomic E-state index is 0.409. The number of hydrogen-bond acceptors (Lipinski definition) is 1. The molecule has 254 valence electrons. The van der Waals surface area contributed by atoms with Crippen molar-refractivity contribution in [2.24, 2.45) is 0 Å². The molecule has 4 aliphatic rings. The SMILES string of the molecule is c1ccc2c(c1)Oc1c(-c3ccc4c(c3)-c3ccccc3C43c4ccccc4-c4cc5ccccc5cc43)cccc1C21c2ccccc2-c2ccccc21. The number of benzene rings is 9. The second-order valence-electron chi connectivity index (χ2n) is 15.5. The number of rotatable bonds is 1. The first-order valence-electron chi connectivity index (χ1n) is 19.3. The van der Waals surface area contributed by atoms with Gasteiger partial charge in [0.05, 0.1) is 10.8 Å². The van der Waals surface area contributed by atoms with E-state index in [1.807, 2.05) is 0 Å². The molecule has 9 aromatic rings. The van der Waals surface area contributed by atoms with Crippen molar-refractivity contribution >= 4 is 10.8 Å². The normalized spacial score (nSPS) is 16.7. The first-order valence-corrected chi connectivity index (χ1v) is 19.3. The molecule has 0 aromatic heterocycles. The van der Waals surface area contributed by atoms with Crippen LogP contribution in [-0.4, -0.2) is 0 Å². The van der Waals surface area contributed by atoms with Crippen LogP contribution in [0.4, 0.5) is 0 Å². The van der Waals surface area contributed by atoms with E-state index in [0.29, 0.717) is 0 Å². The van der Waals surface area contributed by atoms with Crippen molar-refractivity contribution in [3.8, 4) is 56.0 Å². The van der Waals surface area contributed by atoms with Gasteiger partial charge in [-0.25, -0.2) is 0 Å². The van der Waals surface area contributed by atoms with Gasteiger partial charge < -0.3 is 4.74 Å². The van der Waals surface area contributed by atoms with E-state index in [4.69, 9.17) is 4.74 Å². The fraction of sp³-hybridized carbons (Fsp3) is 0.0370. The van der Waals surface area contributed by atoms with Gasteiger partial charge in [-0.05, 0) is 107 Å². The Bertz CT molecular complexity index is 3100. The van der Waals surface area contributed by atoms with Crippen molar-refractivity contribution in [1.82, 2.24) is 0 Å². The van der Waals surface area contributed by atoms with Crippen LogP contribution in [0.3, 0.4) is 0 Å². The van der Waals surface area contributed by atoms with Crippen LogP contribution in [0.25, 0.3) is 55.3 Å². The van der Waals surface area contributed by atoms with E-state index in [1.165, 1.54) is 88.7 Å². The lowest BCUT2D eigenvalue weighted by Crippen LogP contribution is -2.32. The summed E-state index contributed by atoms with van der Waals surface area (Å²) in [7, 11) is 0. The Morgan fingerprint density at radius 3 is 1.35 bits per heavy atom. The largest absolute Gasteiger partial charge is 0.456 e. The van der Waals surface area contributed by atoms with Crippen molar-refractivity contribution < 1.29 is 4.74 Å². The molecule has 1 unspecified atom stereocenters. The summed E-state index contributed by atoms with van der Waals surface area (Å²) < 4.78 is 7.10. The molecule has 0 N–H and O–H groups in total. The molecule has 9 aromatic carbocycles. The molecule has 0 saturated heterocycles. The van der Waals surface area contributed by atoms with Crippen LogP contribution in [0.15, 0.2) is 194 Å². The third-order valence-electron chi connectivity index (χ3n) is 13.1. The van der Waals surface area contributed by atoms with E-state index < -0.39 is 10.8 Å². The molecule has 13 rings (SSSR count). The van der Waals surface area contributed by atoms with Crippen LogP contribution in [0.5, 0.6) is 11.5 Å². The second kappa shape index (κ2) is 10.4. The second-order valence-corrected chi connectivity index (χ2v) is 15.5. The maximum absolute atomic E-state index is 7.10. The highest BCUT2D eigenvalue weighted by Crippen LogP contribution is 2.65. The lowest BCUT2D eigenvalue weighted by molar-refractivity contribution is 0.438. The smallest absolute Gasteiger partial charge is 0.140 e. The van der Waals surface area contributed by atoms with Gasteiger partial charge in [0.15, 0.2) is 0 Å². The highest BCUT2D eigenvalue weighted by atomic mass is 16.5. The molecule has 1 aliphatic heterocycles. The van der Waals surface area contributed by atoms with Crippen molar-refractivity contribution in [3.05, 3.63) is 239 Å². The quantitative estimate of drug-likeness (QED) is 0.166. The lowest BCUT2D eigenvalue weighted by Gasteiger charge is -2.40. The van der Waals surface area contributed by atoms with Crippen LogP contribution < -0.4 is 4.74 Å². The van der Waals surface area contributed by atoms with Gasteiger partial charge in [-0.3, -0.25) is 0 Å². The monoisotopic (exact) mass is 696 g/mol. The molecule has 1 atom stereocenters. The van der Waals surface area contributed by atoms with Crippen molar-refractivity contribution in [3.63, 3.8) is 0 Å². The summed E-state index contributed by atoms with van der Waals surface area (Å²) in [6.45, 7) is 0. The maximum atomic E-state index is 7.10. The summed E-state index contributed by atoms with van der Waals surface area (Å²) in [6.07, 6.45) is 0. The van der Waals surface area contributed by atoms with Gasteiger partial charge in [0.2, 0.25) is 0 Å². The molecule has 2 spiro atoms. The van der Waals surface area contributed by atoms with Crippen LogP contribution in [0, 0.1) is 0 Å². The minimum Gasteiger partial charge on any atom is -0.456 e. The standard InChI is InChI=1S/C54H32O/c1-2-15-34-32-50-42(30-33(34)14-1)40-19-6-10-24-46(40)53(50)45-23-9-5-18-39(45)41-31-35(28-29-47(41)53)36-20-13-26-49-52(36)55-51-27-12-11-25-48(51)54(49)43-21-7-3-16-37(43)38-17-4-8-22-44(38)54/h1-32H. The maximum Gasteiger partial charge on any atom is 0.140 e. The average Bonchev–Trinajstić information content (AvgIpc) is 3.83. The summed E-state index contributed by atoms with van der Waals surface area (Å²) in [5.41, 5.74) is 19.5. The molecule has 0 bridgehead atoms. The Hall–Kier alpha value is -6.96. The van der Waals surface area contributed by atoms with Gasteiger partial charge in [0.1, 0.15) is 11.5 Å². The predicted octanol–water partition coefficient (Wildman–Crippen LogP) is 13.3. The topological polar surface area (TPSA) is 9.23 Å². The van der Waals surface area contributed by atoms with Gasteiger partial charge in [-0.1, -0.05) is 170 Å². The highest BCUT2D eigenvalue weighted by Gasteiger charge is 2.53. The van der Waals surface area contributed by atoms with E-state index in [9.17, 15) is 0 Å². The van der Waals surface area contributed by atoms with E-state index in [1.54, 1.807) is 0 Å². The molecular weight excluding hydrogens is 665 g/mol. The van der Waals surface area contributed by atoms with Crippen LogP contribution >= 0.6 is 0 Å². The van der Waals surface area contributed by atoms with Gasteiger partial charge in [0.25, 0.3) is 0 Å². The minimum atomic E-state index is -0.499.